The van der Waals surface area contributed by atoms with Gasteiger partial charge < -0.3 is 15.6 Å². The maximum absolute atomic E-state index is 13.2. The molecule has 0 saturated heterocycles. The van der Waals surface area contributed by atoms with Crippen molar-refractivity contribution in [3.05, 3.63) is 71.2 Å². The van der Waals surface area contributed by atoms with Crippen molar-refractivity contribution in [2.45, 2.75) is 19.9 Å². The first kappa shape index (κ1) is 20.2. The number of H-pyrrole nitrogens is 1. The number of nitrogens with zero attached hydrogens (tertiary/aromatic N) is 1. The van der Waals surface area contributed by atoms with Crippen LogP contribution in [0.25, 0.3) is 10.9 Å². The zero-order valence-electron chi connectivity index (χ0n) is 15.0. The summed E-state index contributed by atoms with van der Waals surface area (Å²) in [5, 5.41) is 7.81. The average molecular weight is 466 g/mol. The number of fused-ring (bicyclic) bond motifs is 1. The van der Waals surface area contributed by atoms with Gasteiger partial charge in [0.05, 0.1) is 0 Å². The van der Waals surface area contributed by atoms with Crippen LogP contribution in [-0.2, 0) is 13.0 Å². The predicted molar refractivity (Wildman–Crippen MR) is 117 cm³/mol. The summed E-state index contributed by atoms with van der Waals surface area (Å²) in [5.41, 5.74) is 4.63. The van der Waals surface area contributed by atoms with Gasteiger partial charge in [0.25, 0.3) is 0 Å². The number of rotatable bonds is 5. The summed E-state index contributed by atoms with van der Waals surface area (Å²) in [6.07, 6.45) is 2.97. The highest BCUT2D eigenvalue weighted by Gasteiger charge is 2.06. The Morgan fingerprint density at radius 3 is 2.73 bits per heavy atom. The van der Waals surface area contributed by atoms with Gasteiger partial charge in [-0.05, 0) is 48.2 Å². The molecule has 0 spiro atoms. The molecule has 0 amide bonds. The Bertz CT molecular complexity index is 888. The summed E-state index contributed by atoms with van der Waals surface area (Å²) >= 11 is 0. The number of hydrogen-bond acceptors (Lipinski definition) is 1. The molecule has 3 rings (SSSR count). The highest BCUT2D eigenvalue weighted by molar-refractivity contribution is 14.0. The van der Waals surface area contributed by atoms with Crippen molar-refractivity contribution in [2.75, 3.05) is 13.6 Å². The molecular weight excluding hydrogens is 442 g/mol. The van der Waals surface area contributed by atoms with Crippen molar-refractivity contribution in [1.29, 1.82) is 0 Å². The number of nitrogens with one attached hydrogen (secondary N) is 3. The predicted octanol–water partition coefficient (Wildman–Crippen LogP) is 4.14. The summed E-state index contributed by atoms with van der Waals surface area (Å²) < 4.78 is 13.2. The smallest absolute Gasteiger partial charge is 0.191 e. The second-order valence-electron chi connectivity index (χ2n) is 6.04. The van der Waals surface area contributed by atoms with Crippen LogP contribution < -0.4 is 10.6 Å². The molecule has 6 heteroatoms. The maximum Gasteiger partial charge on any atom is 0.191 e. The molecule has 0 aliphatic rings. The van der Waals surface area contributed by atoms with Gasteiger partial charge in [-0.2, -0.15) is 0 Å². The van der Waals surface area contributed by atoms with E-state index < -0.39 is 0 Å². The first-order chi connectivity index (χ1) is 12.2. The summed E-state index contributed by atoms with van der Waals surface area (Å²) in [5.74, 6) is 0.484. The zero-order valence-corrected chi connectivity index (χ0v) is 17.3. The number of aryl methyl sites for hydroxylation is 1. The van der Waals surface area contributed by atoms with Crippen molar-refractivity contribution < 1.29 is 4.39 Å². The highest BCUT2D eigenvalue weighted by atomic mass is 127. The van der Waals surface area contributed by atoms with Crippen LogP contribution in [-0.4, -0.2) is 24.5 Å². The van der Waals surface area contributed by atoms with Gasteiger partial charge in [-0.1, -0.05) is 24.3 Å². The fourth-order valence-corrected chi connectivity index (χ4v) is 3.02. The molecule has 138 valence electrons. The SMILES string of the molecule is CN=C(NCCc1c[nH]c2cccc(C)c12)NCc1cccc(F)c1.I. The van der Waals surface area contributed by atoms with Crippen LogP contribution in [0.3, 0.4) is 0 Å². The molecule has 4 nitrogen and oxygen atoms in total. The van der Waals surface area contributed by atoms with E-state index in [0.717, 1.165) is 18.5 Å². The Balaban J connectivity index is 0.00000243. The second kappa shape index (κ2) is 9.56. The van der Waals surface area contributed by atoms with Crippen LogP contribution in [0.5, 0.6) is 0 Å². The lowest BCUT2D eigenvalue weighted by Crippen LogP contribution is -2.37. The Kier molecular flexibility index (Phi) is 7.44. The summed E-state index contributed by atoms with van der Waals surface area (Å²) in [7, 11) is 1.73. The van der Waals surface area contributed by atoms with Crippen molar-refractivity contribution >= 4 is 40.8 Å². The quantitative estimate of drug-likeness (QED) is 0.301. The fourth-order valence-electron chi connectivity index (χ4n) is 3.02. The third kappa shape index (κ3) is 4.97. The number of guanidine groups is 1. The Labute approximate surface area is 170 Å². The third-order valence-corrected chi connectivity index (χ3v) is 4.26. The fraction of sp³-hybridized carbons (Fsp3) is 0.250. The summed E-state index contributed by atoms with van der Waals surface area (Å²) in [6.45, 7) is 3.43. The lowest BCUT2D eigenvalue weighted by atomic mass is 10.1. The van der Waals surface area contributed by atoms with Gasteiger partial charge in [-0.15, -0.1) is 24.0 Å². The molecule has 0 saturated carbocycles. The van der Waals surface area contributed by atoms with Gasteiger partial charge in [0.1, 0.15) is 5.82 Å². The molecule has 1 heterocycles. The van der Waals surface area contributed by atoms with Gasteiger partial charge >= 0.3 is 0 Å². The number of aromatic nitrogens is 1. The number of halogens is 2. The number of benzene rings is 2. The first-order valence-corrected chi connectivity index (χ1v) is 8.42. The molecule has 3 N–H and O–H groups in total. The van der Waals surface area contributed by atoms with Crippen molar-refractivity contribution in [2.24, 2.45) is 4.99 Å². The minimum atomic E-state index is -0.225. The van der Waals surface area contributed by atoms with Crippen LogP contribution in [0.1, 0.15) is 16.7 Å². The molecule has 26 heavy (non-hydrogen) atoms. The number of aliphatic imine (C=N–C) groups is 1. The Morgan fingerprint density at radius 2 is 1.96 bits per heavy atom. The molecule has 0 bridgehead atoms. The largest absolute Gasteiger partial charge is 0.361 e. The zero-order chi connectivity index (χ0) is 17.6. The van der Waals surface area contributed by atoms with Gasteiger partial charge in [0.2, 0.25) is 0 Å². The Hall–Kier alpha value is -2.09. The lowest BCUT2D eigenvalue weighted by Gasteiger charge is -2.12. The van der Waals surface area contributed by atoms with Crippen molar-refractivity contribution in [3.63, 3.8) is 0 Å². The van der Waals surface area contributed by atoms with E-state index in [-0.39, 0.29) is 29.8 Å². The third-order valence-electron chi connectivity index (χ3n) is 4.26. The molecule has 0 radical (unpaired) electrons. The molecule has 0 atom stereocenters. The van der Waals surface area contributed by atoms with E-state index in [2.05, 4.69) is 51.9 Å². The minimum Gasteiger partial charge on any atom is -0.361 e. The molecule has 1 aromatic heterocycles. The topological polar surface area (TPSA) is 52.2 Å². The highest BCUT2D eigenvalue weighted by Crippen LogP contribution is 2.22. The van der Waals surface area contributed by atoms with E-state index in [1.807, 2.05) is 6.07 Å². The van der Waals surface area contributed by atoms with Crippen molar-refractivity contribution in [3.8, 4) is 0 Å². The monoisotopic (exact) mass is 466 g/mol. The van der Waals surface area contributed by atoms with E-state index in [1.165, 1.54) is 34.2 Å². The van der Waals surface area contributed by atoms with Crippen LogP contribution >= 0.6 is 24.0 Å². The van der Waals surface area contributed by atoms with Crippen LogP contribution in [0.4, 0.5) is 4.39 Å². The van der Waals surface area contributed by atoms with Gasteiger partial charge in [0, 0.05) is 37.2 Å². The molecule has 3 aromatic rings. The van der Waals surface area contributed by atoms with Crippen molar-refractivity contribution in [1.82, 2.24) is 15.6 Å². The molecular formula is C20H24FIN4. The molecule has 0 aliphatic carbocycles. The minimum absolute atomic E-state index is 0. The lowest BCUT2D eigenvalue weighted by molar-refractivity contribution is 0.624. The maximum atomic E-state index is 13.2. The first-order valence-electron chi connectivity index (χ1n) is 8.42. The molecule has 0 unspecified atom stereocenters. The van der Waals surface area contributed by atoms with Gasteiger partial charge in [-0.25, -0.2) is 4.39 Å². The van der Waals surface area contributed by atoms with Crippen LogP contribution in [0.2, 0.25) is 0 Å². The summed E-state index contributed by atoms with van der Waals surface area (Å²) in [4.78, 5) is 7.54. The second-order valence-corrected chi connectivity index (χ2v) is 6.04. The average Bonchev–Trinajstić information content (AvgIpc) is 3.02. The van der Waals surface area contributed by atoms with E-state index in [0.29, 0.717) is 12.5 Å². The van der Waals surface area contributed by atoms with E-state index in [1.54, 1.807) is 13.1 Å². The van der Waals surface area contributed by atoms with E-state index in [9.17, 15) is 4.39 Å². The van der Waals surface area contributed by atoms with E-state index in [4.69, 9.17) is 0 Å². The number of hydrogen-bond donors (Lipinski definition) is 3. The summed E-state index contributed by atoms with van der Waals surface area (Å²) in [6, 6.07) is 12.9. The molecule has 0 fully saturated rings. The van der Waals surface area contributed by atoms with Crippen LogP contribution in [0.15, 0.2) is 53.7 Å². The van der Waals surface area contributed by atoms with E-state index >= 15 is 0 Å². The van der Waals surface area contributed by atoms with Crippen LogP contribution in [0, 0.1) is 12.7 Å². The number of aromatic amines is 1. The normalized spacial score (nSPS) is 11.3. The van der Waals surface area contributed by atoms with Gasteiger partial charge in [0.15, 0.2) is 5.96 Å². The molecule has 2 aromatic carbocycles. The molecule has 0 aliphatic heterocycles. The standard InChI is InChI=1S/C20H23FN4.HI/c1-14-5-3-8-18-19(14)16(13-24-18)9-10-23-20(22-2)25-12-15-6-4-7-17(21)11-15;/h3-8,11,13,24H,9-10,12H2,1-2H3,(H2,22,23,25);1H. The van der Waals surface area contributed by atoms with Gasteiger partial charge in [-0.3, -0.25) is 4.99 Å². The Morgan fingerprint density at radius 1 is 1.15 bits per heavy atom.